The van der Waals surface area contributed by atoms with E-state index in [1.54, 1.807) is 11.7 Å². The Morgan fingerprint density at radius 1 is 1.29 bits per heavy atom. The summed E-state index contributed by atoms with van der Waals surface area (Å²) in [7, 11) is 0. The molecule has 1 fully saturated rings. The number of benzene rings is 1. The highest BCUT2D eigenvalue weighted by molar-refractivity contribution is 7.11. The van der Waals surface area contributed by atoms with Gasteiger partial charge in [-0.25, -0.2) is 0 Å². The van der Waals surface area contributed by atoms with Crippen molar-refractivity contribution in [3.8, 4) is 11.4 Å². The molecule has 7 heteroatoms. The van der Waals surface area contributed by atoms with Crippen LogP contribution >= 0.6 is 11.3 Å². The monoisotopic (exact) mass is 340 g/mol. The molecule has 0 bridgehead atoms. The van der Waals surface area contributed by atoms with Gasteiger partial charge in [0, 0.05) is 18.7 Å². The lowest BCUT2D eigenvalue weighted by molar-refractivity contribution is 0.0700. The van der Waals surface area contributed by atoms with Crippen LogP contribution in [0, 0.1) is 0 Å². The minimum atomic E-state index is 0.0324. The van der Waals surface area contributed by atoms with Gasteiger partial charge in [-0.1, -0.05) is 35.5 Å². The normalized spacial score (nSPS) is 17.8. The summed E-state index contributed by atoms with van der Waals surface area (Å²) in [6.45, 7) is 1.36. The first-order valence-electron chi connectivity index (χ1n) is 7.88. The second kappa shape index (κ2) is 6.52. The molecule has 0 N–H and O–H groups in total. The Balaban J connectivity index is 1.50. The number of piperidine rings is 1. The van der Waals surface area contributed by atoms with Crippen LogP contribution in [-0.4, -0.2) is 39.0 Å². The van der Waals surface area contributed by atoms with Crippen molar-refractivity contribution in [1.29, 1.82) is 0 Å². The minimum absolute atomic E-state index is 0.0324. The predicted octanol–water partition coefficient (Wildman–Crippen LogP) is 3.21. The molecule has 0 saturated carbocycles. The number of nitrogens with zero attached hydrogens (tertiary/aromatic N) is 4. The molecule has 0 aliphatic carbocycles. The van der Waals surface area contributed by atoms with E-state index in [0.29, 0.717) is 23.1 Å². The molecule has 24 heavy (non-hydrogen) atoms. The number of thiazole rings is 1. The van der Waals surface area contributed by atoms with Gasteiger partial charge >= 0.3 is 0 Å². The van der Waals surface area contributed by atoms with E-state index < -0.39 is 0 Å². The number of aromatic nitrogens is 3. The van der Waals surface area contributed by atoms with Gasteiger partial charge in [-0.05, 0) is 12.8 Å². The number of amides is 1. The van der Waals surface area contributed by atoms with E-state index in [4.69, 9.17) is 4.52 Å². The molecule has 3 heterocycles. The molecule has 0 spiro atoms. The van der Waals surface area contributed by atoms with Crippen LogP contribution in [0.3, 0.4) is 0 Å². The minimum Gasteiger partial charge on any atom is -0.339 e. The van der Waals surface area contributed by atoms with Gasteiger partial charge in [0.25, 0.3) is 5.91 Å². The molecule has 4 rings (SSSR count). The fourth-order valence-electron chi connectivity index (χ4n) is 2.95. The van der Waals surface area contributed by atoms with Crippen molar-refractivity contribution in [1.82, 2.24) is 20.0 Å². The molecular weight excluding hydrogens is 324 g/mol. The summed E-state index contributed by atoms with van der Waals surface area (Å²) < 4.78 is 5.47. The van der Waals surface area contributed by atoms with Crippen molar-refractivity contribution in [2.45, 2.75) is 18.8 Å². The summed E-state index contributed by atoms with van der Waals surface area (Å²) in [6.07, 6.45) is 3.50. The second-order valence-corrected chi connectivity index (χ2v) is 6.66. The lowest BCUT2D eigenvalue weighted by atomic mass is 9.98. The molecule has 3 aromatic rings. The quantitative estimate of drug-likeness (QED) is 0.732. The highest BCUT2D eigenvalue weighted by atomic mass is 32.1. The Hall–Kier alpha value is -2.54. The van der Waals surface area contributed by atoms with E-state index >= 15 is 0 Å². The number of carbonyl (C=O) groups excluding carboxylic acids is 1. The summed E-state index contributed by atoms with van der Waals surface area (Å²) in [5.41, 5.74) is 2.61. The standard InChI is InChI=1S/C17H16N4O2S/c22-17(14-9-18-11-24-14)21-8-4-7-13(10-21)16-19-15(20-23-16)12-5-2-1-3-6-12/h1-3,5-6,9,11,13H,4,7-8,10H2/t13-/m1/s1. The van der Waals surface area contributed by atoms with E-state index in [-0.39, 0.29) is 11.8 Å². The molecule has 1 atom stereocenters. The molecule has 1 aromatic carbocycles. The van der Waals surface area contributed by atoms with Gasteiger partial charge in [0.15, 0.2) is 0 Å². The van der Waals surface area contributed by atoms with Crippen LogP contribution < -0.4 is 0 Å². The Kier molecular flexibility index (Phi) is 4.08. The maximum atomic E-state index is 12.5. The predicted molar refractivity (Wildman–Crippen MR) is 89.7 cm³/mol. The Labute approximate surface area is 143 Å². The molecule has 1 aliphatic heterocycles. The maximum absolute atomic E-state index is 12.5. The average Bonchev–Trinajstić information content (AvgIpc) is 3.34. The van der Waals surface area contributed by atoms with E-state index in [0.717, 1.165) is 24.9 Å². The van der Waals surface area contributed by atoms with Crippen LogP contribution in [0.2, 0.25) is 0 Å². The van der Waals surface area contributed by atoms with E-state index in [1.807, 2.05) is 35.2 Å². The summed E-state index contributed by atoms with van der Waals surface area (Å²) in [5, 5.41) is 4.08. The number of carbonyl (C=O) groups is 1. The summed E-state index contributed by atoms with van der Waals surface area (Å²) in [4.78, 5) is 23.5. The molecular formula is C17H16N4O2S. The third-order valence-electron chi connectivity index (χ3n) is 4.17. The smallest absolute Gasteiger partial charge is 0.265 e. The van der Waals surface area contributed by atoms with Crippen molar-refractivity contribution < 1.29 is 9.32 Å². The van der Waals surface area contributed by atoms with Crippen LogP contribution in [0.5, 0.6) is 0 Å². The van der Waals surface area contributed by atoms with Gasteiger partial charge < -0.3 is 9.42 Å². The Bertz CT molecular complexity index is 816. The average molecular weight is 340 g/mol. The zero-order valence-corrected chi connectivity index (χ0v) is 13.8. The number of rotatable bonds is 3. The highest BCUT2D eigenvalue weighted by Gasteiger charge is 2.29. The molecule has 1 saturated heterocycles. The maximum Gasteiger partial charge on any atom is 0.265 e. The first kappa shape index (κ1) is 15.0. The topological polar surface area (TPSA) is 72.1 Å². The van der Waals surface area contributed by atoms with Crippen molar-refractivity contribution in [2.75, 3.05) is 13.1 Å². The lowest BCUT2D eigenvalue weighted by Crippen LogP contribution is -2.38. The lowest BCUT2D eigenvalue weighted by Gasteiger charge is -2.30. The van der Waals surface area contributed by atoms with Crippen molar-refractivity contribution >= 4 is 17.2 Å². The number of likely N-dealkylation sites (tertiary alicyclic amines) is 1. The summed E-state index contributed by atoms with van der Waals surface area (Å²) in [5.74, 6) is 1.32. The van der Waals surface area contributed by atoms with Crippen LogP contribution in [-0.2, 0) is 0 Å². The van der Waals surface area contributed by atoms with Crippen LogP contribution in [0.1, 0.15) is 34.3 Å². The van der Waals surface area contributed by atoms with Crippen LogP contribution in [0.15, 0.2) is 46.6 Å². The third-order valence-corrected chi connectivity index (χ3v) is 4.94. The van der Waals surface area contributed by atoms with Gasteiger partial charge in [0.05, 0.1) is 17.6 Å². The molecule has 2 aromatic heterocycles. The fraction of sp³-hybridized carbons (Fsp3) is 0.294. The number of hydrogen-bond acceptors (Lipinski definition) is 6. The largest absolute Gasteiger partial charge is 0.339 e. The first-order chi connectivity index (χ1) is 11.8. The number of hydrogen-bond donors (Lipinski definition) is 0. The fourth-order valence-corrected chi connectivity index (χ4v) is 3.53. The van der Waals surface area contributed by atoms with Gasteiger partial charge in [-0.3, -0.25) is 9.78 Å². The Morgan fingerprint density at radius 2 is 2.17 bits per heavy atom. The van der Waals surface area contributed by atoms with Crippen molar-refractivity contribution in [3.63, 3.8) is 0 Å². The molecule has 0 radical (unpaired) electrons. The van der Waals surface area contributed by atoms with Crippen molar-refractivity contribution in [2.24, 2.45) is 0 Å². The summed E-state index contributed by atoms with van der Waals surface area (Å²) in [6, 6.07) is 9.75. The van der Waals surface area contributed by atoms with Crippen LogP contribution in [0.4, 0.5) is 0 Å². The van der Waals surface area contributed by atoms with E-state index in [9.17, 15) is 4.79 Å². The first-order valence-corrected chi connectivity index (χ1v) is 8.76. The van der Waals surface area contributed by atoms with Gasteiger partial charge in [0.2, 0.25) is 11.7 Å². The highest BCUT2D eigenvalue weighted by Crippen LogP contribution is 2.28. The SMILES string of the molecule is O=C(c1cncs1)N1CCC[C@@H](c2nc(-c3ccccc3)no2)C1. The van der Waals surface area contributed by atoms with E-state index in [2.05, 4.69) is 15.1 Å². The van der Waals surface area contributed by atoms with Gasteiger partial charge in [-0.2, -0.15) is 4.98 Å². The molecule has 0 unspecified atom stereocenters. The van der Waals surface area contributed by atoms with Gasteiger partial charge in [-0.15, -0.1) is 11.3 Å². The molecule has 6 nitrogen and oxygen atoms in total. The second-order valence-electron chi connectivity index (χ2n) is 5.78. The van der Waals surface area contributed by atoms with Gasteiger partial charge in [0.1, 0.15) is 4.88 Å². The molecule has 122 valence electrons. The Morgan fingerprint density at radius 3 is 2.96 bits per heavy atom. The van der Waals surface area contributed by atoms with Crippen LogP contribution in [0.25, 0.3) is 11.4 Å². The van der Waals surface area contributed by atoms with E-state index in [1.165, 1.54) is 11.3 Å². The summed E-state index contributed by atoms with van der Waals surface area (Å²) >= 11 is 1.37. The zero-order chi connectivity index (χ0) is 16.4. The third kappa shape index (κ3) is 2.94. The zero-order valence-electron chi connectivity index (χ0n) is 13.0. The molecule has 1 amide bonds. The molecule has 1 aliphatic rings. The van der Waals surface area contributed by atoms with Crippen molar-refractivity contribution in [3.05, 3.63) is 52.8 Å².